The van der Waals surface area contributed by atoms with Crippen molar-refractivity contribution in [1.29, 1.82) is 0 Å². The minimum absolute atomic E-state index is 0.102. The second-order valence-corrected chi connectivity index (χ2v) is 6.26. The molecule has 0 aliphatic rings. The number of halogens is 1. The topological polar surface area (TPSA) is 46.3 Å². The average Bonchev–Trinajstić information content (AvgIpc) is 2.27. The van der Waals surface area contributed by atoms with Gasteiger partial charge in [0, 0.05) is 18.5 Å². The third-order valence-electron chi connectivity index (χ3n) is 2.74. The van der Waals surface area contributed by atoms with Gasteiger partial charge in [-0.3, -0.25) is 4.79 Å². The van der Waals surface area contributed by atoms with E-state index in [2.05, 4.69) is 0 Å². The predicted molar refractivity (Wildman–Crippen MR) is 83.6 cm³/mol. The smallest absolute Gasteiger partial charge is 0.255 e. The maximum absolute atomic E-state index is 12.6. The Bertz CT molecular complexity index is 483. The van der Waals surface area contributed by atoms with Gasteiger partial charge < -0.3 is 10.6 Å². The first-order valence-electron chi connectivity index (χ1n) is 6.08. The largest absolute Gasteiger partial charge is 0.393 e. The van der Waals surface area contributed by atoms with Crippen LogP contribution in [0.2, 0.25) is 5.02 Å². The lowest BCUT2D eigenvalue weighted by Gasteiger charge is -2.36. The molecule has 3 nitrogen and oxygen atoms in total. The van der Waals surface area contributed by atoms with Crippen LogP contribution in [-0.4, -0.2) is 27.9 Å². The third-order valence-corrected chi connectivity index (χ3v) is 3.27. The minimum atomic E-state index is -0.318. The van der Waals surface area contributed by atoms with Gasteiger partial charge in [0.1, 0.15) is 0 Å². The second kappa shape index (κ2) is 6.35. The van der Waals surface area contributed by atoms with Crippen molar-refractivity contribution in [2.75, 3.05) is 6.54 Å². The third kappa shape index (κ3) is 4.48. The highest BCUT2D eigenvalue weighted by Gasteiger charge is 2.28. The summed E-state index contributed by atoms with van der Waals surface area (Å²) < 4.78 is 0. The molecule has 1 rings (SSSR count). The molecule has 0 spiro atoms. The highest BCUT2D eigenvalue weighted by Crippen LogP contribution is 2.22. The van der Waals surface area contributed by atoms with Gasteiger partial charge >= 0.3 is 0 Å². The Morgan fingerprint density at radius 1 is 1.37 bits per heavy atom. The maximum Gasteiger partial charge on any atom is 0.255 e. The number of hydrogen-bond acceptors (Lipinski definition) is 2. The quantitative estimate of drug-likeness (QED) is 0.868. The molecule has 0 fully saturated rings. The Kier molecular flexibility index (Phi) is 5.32. The summed E-state index contributed by atoms with van der Waals surface area (Å²) in [5.41, 5.74) is 5.70. The van der Waals surface area contributed by atoms with Gasteiger partial charge in [0.15, 0.2) is 0 Å². The number of benzene rings is 1. The molecule has 0 aromatic heterocycles. The molecule has 0 aliphatic heterocycles. The number of nitrogens with two attached hydrogens (primary N) is 1. The summed E-state index contributed by atoms with van der Waals surface area (Å²) in [5.74, 6) is -0.102. The molecule has 0 radical (unpaired) electrons. The highest BCUT2D eigenvalue weighted by molar-refractivity contribution is 7.80. The van der Waals surface area contributed by atoms with E-state index in [1.807, 2.05) is 20.8 Å². The zero-order valence-electron chi connectivity index (χ0n) is 11.4. The van der Waals surface area contributed by atoms with Crippen LogP contribution in [0.1, 0.15) is 37.6 Å². The zero-order valence-corrected chi connectivity index (χ0v) is 13.0. The number of nitrogens with zero attached hydrogens (tertiary/aromatic N) is 1. The van der Waals surface area contributed by atoms with E-state index in [9.17, 15) is 4.79 Å². The first-order chi connectivity index (χ1) is 8.73. The van der Waals surface area contributed by atoms with E-state index in [4.69, 9.17) is 29.6 Å². The van der Waals surface area contributed by atoms with Crippen LogP contribution < -0.4 is 5.73 Å². The normalized spacial score (nSPS) is 11.2. The minimum Gasteiger partial charge on any atom is -0.393 e. The molecule has 0 saturated heterocycles. The van der Waals surface area contributed by atoms with E-state index in [0.29, 0.717) is 28.5 Å². The summed E-state index contributed by atoms with van der Waals surface area (Å²) in [5, 5.41) is 0.456. The number of amides is 1. The Morgan fingerprint density at radius 2 is 1.95 bits per heavy atom. The molecular formula is C14H19ClN2OS. The molecule has 0 aliphatic carbocycles. The average molecular weight is 299 g/mol. The highest BCUT2D eigenvalue weighted by atomic mass is 35.5. The Morgan fingerprint density at radius 3 is 2.42 bits per heavy atom. The summed E-state index contributed by atoms with van der Waals surface area (Å²) in [4.78, 5) is 14.7. The molecule has 1 amide bonds. The van der Waals surface area contributed by atoms with E-state index in [-0.39, 0.29) is 11.4 Å². The SMILES string of the molecule is CC(C)(C)N(CCC(N)=S)C(=O)c1ccccc1Cl. The van der Waals surface area contributed by atoms with Crippen LogP contribution in [0.5, 0.6) is 0 Å². The number of rotatable bonds is 4. The van der Waals surface area contributed by atoms with E-state index < -0.39 is 0 Å². The molecule has 0 atom stereocenters. The second-order valence-electron chi connectivity index (χ2n) is 5.32. The molecule has 19 heavy (non-hydrogen) atoms. The summed E-state index contributed by atoms with van der Waals surface area (Å²) in [6.45, 7) is 6.41. The van der Waals surface area contributed by atoms with Gasteiger partial charge in [0.05, 0.1) is 15.6 Å². The van der Waals surface area contributed by atoms with Crippen LogP contribution in [0.15, 0.2) is 24.3 Å². The molecule has 0 heterocycles. The van der Waals surface area contributed by atoms with E-state index in [1.165, 1.54) is 0 Å². The Balaban J connectivity index is 3.02. The number of hydrogen-bond donors (Lipinski definition) is 1. The van der Waals surface area contributed by atoms with Crippen molar-refractivity contribution in [3.63, 3.8) is 0 Å². The lowest BCUT2D eigenvalue weighted by molar-refractivity contribution is 0.0591. The first-order valence-corrected chi connectivity index (χ1v) is 6.87. The summed E-state index contributed by atoms with van der Waals surface area (Å²) in [7, 11) is 0. The van der Waals surface area contributed by atoms with Gasteiger partial charge in [-0.2, -0.15) is 0 Å². The van der Waals surface area contributed by atoms with Crippen molar-refractivity contribution in [1.82, 2.24) is 4.90 Å². The van der Waals surface area contributed by atoms with Gasteiger partial charge in [0.2, 0.25) is 0 Å². The lowest BCUT2D eigenvalue weighted by Crippen LogP contribution is -2.47. The zero-order chi connectivity index (χ0) is 14.6. The molecule has 0 saturated carbocycles. The summed E-state index contributed by atoms with van der Waals surface area (Å²) >= 11 is 11.0. The van der Waals surface area contributed by atoms with Crippen LogP contribution in [0.4, 0.5) is 0 Å². The Labute approximate surface area is 124 Å². The standard InChI is InChI=1S/C14H19ClN2OS/c1-14(2,3)17(9-8-12(16)19)13(18)10-6-4-5-7-11(10)15/h4-7H,8-9H2,1-3H3,(H2,16,19). The van der Waals surface area contributed by atoms with Crippen molar-refractivity contribution in [2.24, 2.45) is 5.73 Å². The number of carbonyl (C=O) groups is 1. The molecule has 2 N–H and O–H groups in total. The fourth-order valence-corrected chi connectivity index (χ4v) is 2.05. The molecule has 1 aromatic carbocycles. The van der Waals surface area contributed by atoms with E-state index in [1.54, 1.807) is 29.2 Å². The molecule has 1 aromatic rings. The van der Waals surface area contributed by atoms with Crippen molar-refractivity contribution in [2.45, 2.75) is 32.7 Å². The molecular weight excluding hydrogens is 280 g/mol. The van der Waals surface area contributed by atoms with Gasteiger partial charge in [-0.25, -0.2) is 0 Å². The van der Waals surface area contributed by atoms with Gasteiger partial charge in [0.25, 0.3) is 5.91 Å². The lowest BCUT2D eigenvalue weighted by atomic mass is 10.0. The van der Waals surface area contributed by atoms with Gasteiger partial charge in [-0.1, -0.05) is 36.0 Å². The predicted octanol–water partition coefficient (Wildman–Crippen LogP) is 3.26. The molecule has 5 heteroatoms. The van der Waals surface area contributed by atoms with Crippen LogP contribution in [0.25, 0.3) is 0 Å². The summed E-state index contributed by atoms with van der Waals surface area (Å²) in [6, 6.07) is 7.04. The van der Waals surface area contributed by atoms with Gasteiger partial charge in [-0.05, 0) is 32.9 Å². The van der Waals surface area contributed by atoms with Crippen molar-refractivity contribution < 1.29 is 4.79 Å². The van der Waals surface area contributed by atoms with E-state index in [0.717, 1.165) is 0 Å². The number of carbonyl (C=O) groups excluding carboxylic acids is 1. The first kappa shape index (κ1) is 15.9. The van der Waals surface area contributed by atoms with Crippen LogP contribution >= 0.6 is 23.8 Å². The monoisotopic (exact) mass is 298 g/mol. The molecule has 104 valence electrons. The fraction of sp³-hybridized carbons (Fsp3) is 0.429. The summed E-state index contributed by atoms with van der Waals surface area (Å²) in [6.07, 6.45) is 0.503. The van der Waals surface area contributed by atoms with Crippen molar-refractivity contribution in [3.8, 4) is 0 Å². The Hall–Kier alpha value is -1.13. The van der Waals surface area contributed by atoms with Crippen LogP contribution in [0, 0.1) is 0 Å². The van der Waals surface area contributed by atoms with E-state index >= 15 is 0 Å². The van der Waals surface area contributed by atoms with Crippen LogP contribution in [-0.2, 0) is 0 Å². The maximum atomic E-state index is 12.6. The molecule has 0 bridgehead atoms. The van der Waals surface area contributed by atoms with Gasteiger partial charge in [-0.15, -0.1) is 0 Å². The van der Waals surface area contributed by atoms with Crippen molar-refractivity contribution in [3.05, 3.63) is 34.9 Å². The fourth-order valence-electron chi connectivity index (χ4n) is 1.74. The van der Waals surface area contributed by atoms with Crippen molar-refractivity contribution >= 4 is 34.7 Å². The van der Waals surface area contributed by atoms with Crippen LogP contribution in [0.3, 0.4) is 0 Å². The number of thiocarbonyl (C=S) groups is 1. The molecule has 0 unspecified atom stereocenters.